The molecule has 0 bridgehead atoms. The molecular formula is C15H19N3O3S. The van der Waals surface area contributed by atoms with Crippen molar-refractivity contribution in [3.63, 3.8) is 0 Å². The zero-order chi connectivity index (χ0) is 16.2. The highest BCUT2D eigenvalue weighted by molar-refractivity contribution is 7.89. The summed E-state index contributed by atoms with van der Waals surface area (Å²) in [4.78, 5) is 16.6. The summed E-state index contributed by atoms with van der Waals surface area (Å²) in [5, 5.41) is 0. The van der Waals surface area contributed by atoms with Crippen LogP contribution < -0.4 is 10.3 Å². The number of hydrogen-bond donors (Lipinski definition) is 3. The lowest BCUT2D eigenvalue weighted by molar-refractivity contribution is 0.0940. The van der Waals surface area contributed by atoms with Crippen LogP contribution in [0.25, 0.3) is 0 Å². The molecule has 118 valence electrons. The van der Waals surface area contributed by atoms with Crippen molar-refractivity contribution < 1.29 is 13.2 Å². The number of benzene rings is 1. The number of hydrazine groups is 1. The molecule has 1 atom stereocenters. The second-order valence-electron chi connectivity index (χ2n) is 5.02. The van der Waals surface area contributed by atoms with Crippen LogP contribution in [-0.2, 0) is 10.0 Å². The number of carbonyl (C=O) groups excluding carboxylic acids is 1. The molecule has 7 heteroatoms. The summed E-state index contributed by atoms with van der Waals surface area (Å²) in [7, 11) is -3.79. The molecular weight excluding hydrogens is 302 g/mol. The Bertz CT molecular complexity index is 722. The van der Waals surface area contributed by atoms with Gasteiger partial charge < -0.3 is 4.98 Å². The van der Waals surface area contributed by atoms with Gasteiger partial charge in [-0.1, -0.05) is 26.0 Å². The SMILES string of the molecule is CC[C@@H](C)c1ccc(S(=O)(=O)NNC(=O)c2ccc[nH]2)cc1. The Kier molecular flexibility index (Phi) is 4.99. The standard InChI is InChI=1S/C15H19N3O3S/c1-3-11(2)12-6-8-13(9-7-12)22(20,21)18-17-15(19)14-5-4-10-16-14/h4-11,16,18H,3H2,1-2H3,(H,17,19)/t11-/m1/s1. The van der Waals surface area contributed by atoms with E-state index in [0.29, 0.717) is 5.92 Å². The van der Waals surface area contributed by atoms with E-state index in [1.165, 1.54) is 12.1 Å². The molecule has 0 unspecified atom stereocenters. The molecule has 0 aliphatic heterocycles. The lowest BCUT2D eigenvalue weighted by atomic mass is 9.99. The summed E-state index contributed by atoms with van der Waals surface area (Å²) in [6.45, 7) is 4.16. The number of H-pyrrole nitrogens is 1. The van der Waals surface area contributed by atoms with Crippen LogP contribution in [0.2, 0.25) is 0 Å². The van der Waals surface area contributed by atoms with Crippen molar-refractivity contribution in [2.24, 2.45) is 0 Å². The maximum absolute atomic E-state index is 12.1. The largest absolute Gasteiger partial charge is 0.357 e. The molecule has 0 spiro atoms. The Morgan fingerprint density at radius 3 is 2.45 bits per heavy atom. The minimum Gasteiger partial charge on any atom is -0.357 e. The maximum atomic E-state index is 12.1. The highest BCUT2D eigenvalue weighted by Crippen LogP contribution is 2.20. The molecule has 1 aromatic carbocycles. The number of hydrogen-bond acceptors (Lipinski definition) is 3. The molecule has 1 heterocycles. The van der Waals surface area contributed by atoms with E-state index >= 15 is 0 Å². The van der Waals surface area contributed by atoms with Gasteiger partial charge in [-0.05, 0) is 42.2 Å². The summed E-state index contributed by atoms with van der Waals surface area (Å²) in [6, 6.07) is 9.84. The van der Waals surface area contributed by atoms with Gasteiger partial charge in [0, 0.05) is 6.20 Å². The van der Waals surface area contributed by atoms with E-state index in [-0.39, 0.29) is 10.6 Å². The number of aromatic amines is 1. The quantitative estimate of drug-likeness (QED) is 0.712. The molecule has 0 radical (unpaired) electrons. The van der Waals surface area contributed by atoms with Gasteiger partial charge in [0.15, 0.2) is 0 Å². The molecule has 0 aliphatic rings. The van der Waals surface area contributed by atoms with Gasteiger partial charge in [-0.2, -0.15) is 0 Å². The summed E-state index contributed by atoms with van der Waals surface area (Å²) < 4.78 is 24.2. The van der Waals surface area contributed by atoms with Crippen LogP contribution in [0, 0.1) is 0 Å². The predicted molar refractivity (Wildman–Crippen MR) is 83.7 cm³/mol. The average molecular weight is 321 g/mol. The Labute approximate surface area is 130 Å². The van der Waals surface area contributed by atoms with E-state index in [2.05, 4.69) is 29.1 Å². The van der Waals surface area contributed by atoms with E-state index in [4.69, 9.17) is 0 Å². The highest BCUT2D eigenvalue weighted by atomic mass is 32.2. The van der Waals surface area contributed by atoms with E-state index in [1.807, 2.05) is 0 Å². The fourth-order valence-electron chi connectivity index (χ4n) is 1.92. The molecule has 2 aromatic rings. The van der Waals surface area contributed by atoms with Crippen LogP contribution in [0.3, 0.4) is 0 Å². The molecule has 2 rings (SSSR count). The molecule has 0 saturated heterocycles. The van der Waals surface area contributed by atoms with Gasteiger partial charge in [0.05, 0.1) is 4.90 Å². The summed E-state index contributed by atoms with van der Waals surface area (Å²) >= 11 is 0. The van der Waals surface area contributed by atoms with Crippen LogP contribution in [-0.4, -0.2) is 19.3 Å². The van der Waals surface area contributed by atoms with Gasteiger partial charge in [0.25, 0.3) is 15.9 Å². The summed E-state index contributed by atoms with van der Waals surface area (Å²) in [5.74, 6) is -0.179. The fraction of sp³-hybridized carbons (Fsp3) is 0.267. The average Bonchev–Trinajstić information content (AvgIpc) is 3.06. The van der Waals surface area contributed by atoms with Crippen molar-refractivity contribution in [2.75, 3.05) is 0 Å². The molecule has 3 N–H and O–H groups in total. The normalized spacial score (nSPS) is 12.8. The molecule has 0 saturated carbocycles. The van der Waals surface area contributed by atoms with Gasteiger partial charge >= 0.3 is 0 Å². The highest BCUT2D eigenvalue weighted by Gasteiger charge is 2.16. The fourth-order valence-corrected chi connectivity index (χ4v) is 2.76. The topological polar surface area (TPSA) is 91.1 Å². The molecule has 1 amide bonds. The number of aromatic nitrogens is 1. The van der Waals surface area contributed by atoms with Gasteiger partial charge in [0.1, 0.15) is 5.69 Å². The van der Waals surface area contributed by atoms with Crippen LogP contribution in [0.4, 0.5) is 0 Å². The Hall–Kier alpha value is -2.12. The van der Waals surface area contributed by atoms with Crippen LogP contribution in [0.1, 0.15) is 42.2 Å². The van der Waals surface area contributed by atoms with E-state index in [0.717, 1.165) is 12.0 Å². The van der Waals surface area contributed by atoms with Crippen LogP contribution in [0.5, 0.6) is 0 Å². The Morgan fingerprint density at radius 2 is 1.91 bits per heavy atom. The Balaban J connectivity index is 2.05. The minimum absolute atomic E-state index is 0.103. The van der Waals surface area contributed by atoms with Crippen molar-refractivity contribution in [3.8, 4) is 0 Å². The number of amides is 1. The zero-order valence-electron chi connectivity index (χ0n) is 12.5. The van der Waals surface area contributed by atoms with Crippen LogP contribution >= 0.6 is 0 Å². The second-order valence-corrected chi connectivity index (χ2v) is 6.70. The number of carbonyl (C=O) groups is 1. The molecule has 22 heavy (non-hydrogen) atoms. The molecule has 0 fully saturated rings. The monoisotopic (exact) mass is 321 g/mol. The van der Waals surface area contributed by atoms with Gasteiger partial charge in [-0.15, -0.1) is 4.83 Å². The summed E-state index contributed by atoms with van der Waals surface area (Å²) in [6.07, 6.45) is 2.56. The third kappa shape index (κ3) is 3.75. The number of rotatable bonds is 6. The molecule has 0 aliphatic carbocycles. The molecule has 6 nitrogen and oxygen atoms in total. The lowest BCUT2D eigenvalue weighted by Crippen LogP contribution is -2.41. The van der Waals surface area contributed by atoms with Gasteiger partial charge in [-0.25, -0.2) is 8.42 Å². The van der Waals surface area contributed by atoms with E-state index in [9.17, 15) is 13.2 Å². The van der Waals surface area contributed by atoms with Crippen molar-refractivity contribution in [1.82, 2.24) is 15.2 Å². The van der Waals surface area contributed by atoms with Crippen molar-refractivity contribution >= 4 is 15.9 Å². The maximum Gasteiger partial charge on any atom is 0.282 e. The lowest BCUT2D eigenvalue weighted by Gasteiger charge is -2.11. The zero-order valence-corrected chi connectivity index (χ0v) is 13.3. The van der Waals surface area contributed by atoms with E-state index in [1.54, 1.807) is 30.5 Å². The predicted octanol–water partition coefficient (Wildman–Crippen LogP) is 2.15. The third-order valence-electron chi connectivity index (χ3n) is 3.51. The number of nitrogens with one attached hydrogen (secondary N) is 3. The minimum atomic E-state index is -3.79. The third-order valence-corrected chi connectivity index (χ3v) is 4.78. The smallest absolute Gasteiger partial charge is 0.282 e. The first-order valence-corrected chi connectivity index (χ1v) is 8.48. The van der Waals surface area contributed by atoms with E-state index < -0.39 is 15.9 Å². The van der Waals surface area contributed by atoms with Crippen LogP contribution in [0.15, 0.2) is 47.5 Å². The van der Waals surface area contributed by atoms with Crippen molar-refractivity contribution in [1.29, 1.82) is 0 Å². The van der Waals surface area contributed by atoms with Gasteiger partial charge in [0.2, 0.25) is 0 Å². The first-order valence-electron chi connectivity index (χ1n) is 6.99. The van der Waals surface area contributed by atoms with Gasteiger partial charge in [-0.3, -0.25) is 10.2 Å². The number of sulfonamides is 1. The first-order chi connectivity index (χ1) is 10.4. The first kappa shape index (κ1) is 16.3. The second kappa shape index (κ2) is 6.76. The van der Waals surface area contributed by atoms with Crippen molar-refractivity contribution in [3.05, 3.63) is 53.9 Å². The Morgan fingerprint density at radius 1 is 1.23 bits per heavy atom. The van der Waals surface area contributed by atoms with Crippen molar-refractivity contribution in [2.45, 2.75) is 31.1 Å². The summed E-state index contributed by atoms with van der Waals surface area (Å²) in [5.41, 5.74) is 3.52. The molecule has 1 aromatic heterocycles.